The number of hydrogen-bond acceptors (Lipinski definition) is 4. The summed E-state index contributed by atoms with van der Waals surface area (Å²) in [5.41, 5.74) is 1.53. The zero-order chi connectivity index (χ0) is 17.7. The lowest BCUT2D eigenvalue weighted by Crippen LogP contribution is -2.34. The van der Waals surface area contributed by atoms with E-state index < -0.39 is 0 Å². The fourth-order valence-corrected chi connectivity index (χ4v) is 3.97. The fourth-order valence-electron chi connectivity index (χ4n) is 3.97. The van der Waals surface area contributed by atoms with Gasteiger partial charge in [-0.15, -0.1) is 0 Å². The first-order valence-corrected chi connectivity index (χ1v) is 9.46. The molecule has 138 valence electrons. The van der Waals surface area contributed by atoms with Crippen LogP contribution in [0, 0.1) is 11.3 Å². The standard InChI is InChI=1S/C20H30N2O3/c1-3-25-18-13-15(6-7-17(18)24-2)5-4-10-22-19(23)16-14-20(16)8-11-21-12-9-20/h6-7,13,16,21H,3-5,8-12,14H2,1-2H3,(H,22,23). The number of benzene rings is 1. The molecule has 1 aliphatic carbocycles. The zero-order valence-corrected chi connectivity index (χ0v) is 15.4. The molecule has 2 fully saturated rings. The summed E-state index contributed by atoms with van der Waals surface area (Å²) < 4.78 is 10.9. The molecule has 0 aromatic heterocycles. The Bertz CT molecular complexity index is 597. The molecule has 5 heteroatoms. The van der Waals surface area contributed by atoms with E-state index in [4.69, 9.17) is 9.47 Å². The summed E-state index contributed by atoms with van der Waals surface area (Å²) >= 11 is 0. The number of rotatable bonds is 8. The molecule has 3 rings (SSSR count). The van der Waals surface area contributed by atoms with Crippen molar-refractivity contribution in [2.75, 3.05) is 33.4 Å². The highest BCUT2D eigenvalue weighted by Crippen LogP contribution is 2.58. The second-order valence-electron chi connectivity index (χ2n) is 7.18. The Morgan fingerprint density at radius 3 is 2.84 bits per heavy atom. The summed E-state index contributed by atoms with van der Waals surface area (Å²) in [5, 5.41) is 6.51. The molecule has 25 heavy (non-hydrogen) atoms. The molecular weight excluding hydrogens is 316 g/mol. The van der Waals surface area contributed by atoms with Crippen molar-refractivity contribution < 1.29 is 14.3 Å². The molecule has 5 nitrogen and oxygen atoms in total. The van der Waals surface area contributed by atoms with Gasteiger partial charge in [0.1, 0.15) is 0 Å². The molecule has 1 amide bonds. The van der Waals surface area contributed by atoms with Gasteiger partial charge in [-0.1, -0.05) is 6.07 Å². The minimum Gasteiger partial charge on any atom is -0.493 e. The van der Waals surface area contributed by atoms with Crippen LogP contribution in [0.25, 0.3) is 0 Å². The van der Waals surface area contributed by atoms with Crippen molar-refractivity contribution in [3.63, 3.8) is 0 Å². The summed E-state index contributed by atoms with van der Waals surface area (Å²) in [6.45, 7) is 5.44. The van der Waals surface area contributed by atoms with Gasteiger partial charge in [0.05, 0.1) is 13.7 Å². The topological polar surface area (TPSA) is 59.6 Å². The smallest absolute Gasteiger partial charge is 0.223 e. The van der Waals surface area contributed by atoms with Gasteiger partial charge >= 0.3 is 0 Å². The molecule has 0 radical (unpaired) electrons. The third kappa shape index (κ3) is 4.27. The second-order valence-corrected chi connectivity index (χ2v) is 7.18. The Kier molecular flexibility index (Phi) is 5.84. The van der Waals surface area contributed by atoms with Gasteiger partial charge in [-0.3, -0.25) is 4.79 Å². The average molecular weight is 346 g/mol. The second kappa shape index (κ2) is 8.09. The first-order chi connectivity index (χ1) is 12.2. The number of hydrogen-bond donors (Lipinski definition) is 2. The van der Waals surface area contributed by atoms with E-state index >= 15 is 0 Å². The molecule has 1 heterocycles. The molecule has 1 unspecified atom stereocenters. The molecule has 1 saturated carbocycles. The fraction of sp³-hybridized carbons (Fsp3) is 0.650. The Hall–Kier alpha value is -1.75. The zero-order valence-electron chi connectivity index (χ0n) is 15.4. The predicted molar refractivity (Wildman–Crippen MR) is 98.1 cm³/mol. The maximum atomic E-state index is 12.3. The van der Waals surface area contributed by atoms with Gasteiger partial charge in [-0.25, -0.2) is 0 Å². The van der Waals surface area contributed by atoms with Crippen LogP contribution in [0.2, 0.25) is 0 Å². The third-order valence-electron chi connectivity index (χ3n) is 5.57. The summed E-state index contributed by atoms with van der Waals surface area (Å²) in [4.78, 5) is 12.3. The lowest BCUT2D eigenvalue weighted by Gasteiger charge is -2.23. The summed E-state index contributed by atoms with van der Waals surface area (Å²) in [5.74, 6) is 2.06. The van der Waals surface area contributed by atoms with Crippen LogP contribution >= 0.6 is 0 Å². The van der Waals surface area contributed by atoms with Gasteiger partial charge in [-0.2, -0.15) is 0 Å². The van der Waals surface area contributed by atoms with Gasteiger partial charge in [0.2, 0.25) is 5.91 Å². The van der Waals surface area contributed by atoms with E-state index in [1.807, 2.05) is 19.1 Å². The highest BCUT2D eigenvalue weighted by atomic mass is 16.5. The Morgan fingerprint density at radius 2 is 2.12 bits per heavy atom. The normalized spacial score (nSPS) is 21.0. The lowest BCUT2D eigenvalue weighted by atomic mass is 9.92. The van der Waals surface area contributed by atoms with E-state index in [2.05, 4.69) is 16.7 Å². The van der Waals surface area contributed by atoms with Crippen molar-refractivity contribution in [3.8, 4) is 11.5 Å². The lowest BCUT2D eigenvalue weighted by molar-refractivity contribution is -0.123. The van der Waals surface area contributed by atoms with E-state index in [0.29, 0.717) is 12.0 Å². The van der Waals surface area contributed by atoms with Gasteiger partial charge in [0, 0.05) is 12.5 Å². The van der Waals surface area contributed by atoms with Crippen LogP contribution in [0.4, 0.5) is 0 Å². The minimum atomic E-state index is 0.250. The Labute approximate surface area is 150 Å². The SMILES string of the molecule is CCOc1cc(CCCNC(=O)C2CC23CCNCC3)ccc1OC. The molecular formula is C20H30N2O3. The van der Waals surface area contributed by atoms with Crippen LogP contribution in [0.15, 0.2) is 18.2 Å². The summed E-state index contributed by atoms with van der Waals surface area (Å²) in [6, 6.07) is 6.05. The number of carbonyl (C=O) groups excluding carboxylic acids is 1. The van der Waals surface area contributed by atoms with Crippen molar-refractivity contribution in [2.24, 2.45) is 11.3 Å². The van der Waals surface area contributed by atoms with Gasteiger partial charge in [0.15, 0.2) is 11.5 Å². The average Bonchev–Trinajstić information content (AvgIpc) is 3.32. The molecule has 2 N–H and O–H groups in total. The Morgan fingerprint density at radius 1 is 1.32 bits per heavy atom. The highest BCUT2D eigenvalue weighted by Gasteiger charge is 2.57. The molecule has 1 aromatic rings. The number of piperidine rings is 1. The number of ether oxygens (including phenoxy) is 2. The van der Waals surface area contributed by atoms with Gasteiger partial charge in [-0.05, 0) is 75.2 Å². The summed E-state index contributed by atoms with van der Waals surface area (Å²) in [6.07, 6.45) is 5.24. The third-order valence-corrected chi connectivity index (χ3v) is 5.57. The number of aryl methyl sites for hydroxylation is 1. The molecule has 1 atom stereocenters. The van der Waals surface area contributed by atoms with Crippen LogP contribution in [0.3, 0.4) is 0 Å². The van der Waals surface area contributed by atoms with E-state index in [-0.39, 0.29) is 11.8 Å². The van der Waals surface area contributed by atoms with Crippen molar-refractivity contribution >= 4 is 5.91 Å². The molecule has 1 aliphatic heterocycles. The van der Waals surface area contributed by atoms with E-state index in [1.54, 1.807) is 7.11 Å². The first kappa shape index (κ1) is 18.1. The van der Waals surface area contributed by atoms with Gasteiger partial charge in [0.25, 0.3) is 0 Å². The molecule has 0 bridgehead atoms. The molecule has 2 aliphatic rings. The van der Waals surface area contributed by atoms with Crippen LogP contribution in [0.1, 0.15) is 38.2 Å². The van der Waals surface area contributed by atoms with Crippen LogP contribution in [0.5, 0.6) is 11.5 Å². The largest absolute Gasteiger partial charge is 0.493 e. The van der Waals surface area contributed by atoms with E-state index in [1.165, 1.54) is 5.56 Å². The first-order valence-electron chi connectivity index (χ1n) is 9.46. The number of carbonyl (C=O) groups is 1. The van der Waals surface area contributed by atoms with Gasteiger partial charge < -0.3 is 20.1 Å². The molecule has 1 spiro atoms. The van der Waals surface area contributed by atoms with Crippen LogP contribution in [-0.4, -0.2) is 39.3 Å². The highest BCUT2D eigenvalue weighted by molar-refractivity contribution is 5.82. The molecule has 1 saturated heterocycles. The molecule has 1 aromatic carbocycles. The van der Waals surface area contributed by atoms with E-state index in [0.717, 1.165) is 63.2 Å². The number of methoxy groups -OCH3 is 1. The van der Waals surface area contributed by atoms with Crippen LogP contribution < -0.4 is 20.1 Å². The maximum absolute atomic E-state index is 12.3. The predicted octanol–water partition coefficient (Wildman–Crippen LogP) is 2.53. The van der Waals surface area contributed by atoms with Crippen molar-refractivity contribution in [3.05, 3.63) is 23.8 Å². The van der Waals surface area contributed by atoms with Crippen molar-refractivity contribution in [2.45, 2.75) is 39.0 Å². The van der Waals surface area contributed by atoms with Crippen molar-refractivity contribution in [1.82, 2.24) is 10.6 Å². The van der Waals surface area contributed by atoms with Crippen molar-refractivity contribution in [1.29, 1.82) is 0 Å². The number of amides is 1. The summed E-state index contributed by atoms with van der Waals surface area (Å²) in [7, 11) is 1.65. The maximum Gasteiger partial charge on any atom is 0.223 e. The monoisotopic (exact) mass is 346 g/mol. The number of nitrogens with one attached hydrogen (secondary N) is 2. The minimum absolute atomic E-state index is 0.250. The van der Waals surface area contributed by atoms with Crippen LogP contribution in [-0.2, 0) is 11.2 Å². The quantitative estimate of drug-likeness (QED) is 0.710. The van der Waals surface area contributed by atoms with E-state index in [9.17, 15) is 4.79 Å². The Balaban J connectivity index is 1.41.